The van der Waals surface area contributed by atoms with E-state index in [0.717, 1.165) is 60.8 Å². The third kappa shape index (κ3) is 4.81. The van der Waals surface area contributed by atoms with Gasteiger partial charge in [0.05, 0.1) is 22.1 Å². The molecule has 0 radical (unpaired) electrons. The first-order valence-electron chi connectivity index (χ1n) is 20.1. The maximum atomic E-state index is 6.11. The summed E-state index contributed by atoms with van der Waals surface area (Å²) >= 11 is 0. The van der Waals surface area contributed by atoms with Gasteiger partial charge in [-0.25, -0.2) is 4.98 Å². The Hall–Kier alpha value is -7.95. The number of pyridine rings is 1. The summed E-state index contributed by atoms with van der Waals surface area (Å²) in [6.07, 6.45) is 2.17. The maximum absolute atomic E-state index is 6.11. The van der Waals surface area contributed by atoms with E-state index in [4.69, 9.17) is 9.40 Å². The van der Waals surface area contributed by atoms with Crippen molar-refractivity contribution in [1.82, 2.24) is 14.0 Å². The van der Waals surface area contributed by atoms with Crippen molar-refractivity contribution in [3.63, 3.8) is 0 Å². The number of benzene rings is 9. The Morgan fingerprint density at radius 1 is 0.356 bits per heavy atom. The Kier molecular flexibility index (Phi) is 6.69. The highest BCUT2D eigenvalue weighted by atomic mass is 16.3. The molecule has 4 heterocycles. The minimum Gasteiger partial charge on any atom is -0.456 e. The van der Waals surface area contributed by atoms with E-state index in [-0.39, 0.29) is 0 Å². The van der Waals surface area contributed by atoms with Gasteiger partial charge in [0.25, 0.3) is 0 Å². The number of imidazole rings is 1. The van der Waals surface area contributed by atoms with Crippen LogP contribution in [-0.2, 0) is 0 Å². The van der Waals surface area contributed by atoms with Gasteiger partial charge >= 0.3 is 0 Å². The second-order valence-corrected chi connectivity index (χ2v) is 15.6. The molecule has 0 N–H and O–H groups in total. The van der Waals surface area contributed by atoms with Gasteiger partial charge in [0.15, 0.2) is 0 Å². The third-order valence-electron chi connectivity index (χ3n) is 12.3. The molecule has 0 aliphatic heterocycles. The molecule has 4 heteroatoms. The molecule has 274 valence electrons. The van der Waals surface area contributed by atoms with Crippen molar-refractivity contribution in [1.29, 1.82) is 0 Å². The van der Waals surface area contributed by atoms with Gasteiger partial charge in [0, 0.05) is 44.2 Å². The molecule has 0 aliphatic carbocycles. The lowest BCUT2D eigenvalue weighted by Crippen LogP contribution is -1.93. The Bertz CT molecular complexity index is 3770. The van der Waals surface area contributed by atoms with E-state index in [9.17, 15) is 0 Å². The molecule has 0 unspecified atom stereocenters. The van der Waals surface area contributed by atoms with Crippen molar-refractivity contribution in [3.05, 3.63) is 200 Å². The van der Waals surface area contributed by atoms with Gasteiger partial charge in [0.1, 0.15) is 16.8 Å². The molecule has 0 spiro atoms. The van der Waals surface area contributed by atoms with Gasteiger partial charge < -0.3 is 8.98 Å². The Morgan fingerprint density at radius 3 is 1.63 bits per heavy atom. The summed E-state index contributed by atoms with van der Waals surface area (Å²) in [5.74, 6) is 0. The molecule has 0 bridgehead atoms. The first kappa shape index (κ1) is 32.2. The average molecular weight is 752 g/mol. The summed E-state index contributed by atoms with van der Waals surface area (Å²) in [5.41, 5.74) is 15.5. The number of para-hydroxylation sites is 3. The fraction of sp³-hybridized carbons (Fsp3) is 0. The summed E-state index contributed by atoms with van der Waals surface area (Å²) in [7, 11) is 0. The fourth-order valence-corrected chi connectivity index (χ4v) is 9.51. The largest absolute Gasteiger partial charge is 0.456 e. The SMILES string of the molecule is c1ccc2c(c1)oc1ccc(-c3ccn4c(c3)nc3c5ccccc5c5cc(-c6ccc(-c7ccc(-n8c9ccccc9c9ccccc98)cc7)cc6)ccc5c34)cc12. The second-order valence-electron chi connectivity index (χ2n) is 15.6. The first-order valence-corrected chi connectivity index (χ1v) is 20.1. The highest BCUT2D eigenvalue weighted by Gasteiger charge is 2.17. The van der Waals surface area contributed by atoms with E-state index in [0.29, 0.717) is 0 Å². The zero-order valence-electron chi connectivity index (χ0n) is 31.8. The molecule has 0 saturated heterocycles. The Balaban J connectivity index is 0.870. The number of hydrogen-bond acceptors (Lipinski definition) is 2. The Labute approximate surface area is 338 Å². The van der Waals surface area contributed by atoms with Crippen molar-refractivity contribution in [3.8, 4) is 39.1 Å². The van der Waals surface area contributed by atoms with E-state index < -0.39 is 0 Å². The number of rotatable bonds is 4. The van der Waals surface area contributed by atoms with Crippen LogP contribution in [0.4, 0.5) is 0 Å². The van der Waals surface area contributed by atoms with Crippen LogP contribution in [0, 0.1) is 0 Å². The zero-order valence-corrected chi connectivity index (χ0v) is 31.8. The lowest BCUT2D eigenvalue weighted by molar-refractivity contribution is 0.669. The summed E-state index contributed by atoms with van der Waals surface area (Å²) in [5, 5.41) is 9.58. The van der Waals surface area contributed by atoms with E-state index in [1.807, 2.05) is 12.1 Å². The normalized spacial score (nSPS) is 12.1. The lowest BCUT2D eigenvalue weighted by Gasteiger charge is -2.11. The van der Waals surface area contributed by atoms with Crippen molar-refractivity contribution in [2.45, 2.75) is 0 Å². The molecule has 13 rings (SSSR count). The molecule has 4 aromatic heterocycles. The molecule has 0 amide bonds. The topological polar surface area (TPSA) is 35.4 Å². The lowest BCUT2D eigenvalue weighted by atomic mass is 9.95. The van der Waals surface area contributed by atoms with Crippen LogP contribution in [0.3, 0.4) is 0 Å². The highest BCUT2D eigenvalue weighted by Crippen LogP contribution is 2.40. The number of aromatic nitrogens is 3. The third-order valence-corrected chi connectivity index (χ3v) is 12.3. The van der Waals surface area contributed by atoms with E-state index >= 15 is 0 Å². The van der Waals surface area contributed by atoms with Gasteiger partial charge in [-0.05, 0) is 105 Å². The first-order chi connectivity index (χ1) is 29.2. The van der Waals surface area contributed by atoms with Crippen LogP contribution in [0.1, 0.15) is 0 Å². The van der Waals surface area contributed by atoms with Gasteiger partial charge in [-0.1, -0.05) is 133 Å². The summed E-state index contributed by atoms with van der Waals surface area (Å²) in [6.45, 7) is 0. The monoisotopic (exact) mass is 751 g/mol. The molecule has 13 aromatic rings. The van der Waals surface area contributed by atoms with Crippen molar-refractivity contribution in [2.24, 2.45) is 0 Å². The molecule has 0 aliphatic rings. The van der Waals surface area contributed by atoms with E-state index in [1.165, 1.54) is 60.2 Å². The minimum atomic E-state index is 0.900. The van der Waals surface area contributed by atoms with Crippen LogP contribution < -0.4 is 0 Å². The predicted molar refractivity (Wildman–Crippen MR) is 246 cm³/mol. The summed E-state index contributed by atoms with van der Waals surface area (Å²) < 4.78 is 10.7. The number of furan rings is 1. The van der Waals surface area contributed by atoms with Crippen LogP contribution in [0.25, 0.3) is 121 Å². The molecule has 0 fully saturated rings. The van der Waals surface area contributed by atoms with Crippen LogP contribution in [0.5, 0.6) is 0 Å². The van der Waals surface area contributed by atoms with Gasteiger partial charge in [-0.2, -0.15) is 0 Å². The van der Waals surface area contributed by atoms with Gasteiger partial charge in [-0.3, -0.25) is 4.40 Å². The Morgan fingerprint density at radius 2 is 0.881 bits per heavy atom. The second kappa shape index (κ2) is 12.3. The summed E-state index contributed by atoms with van der Waals surface area (Å²) in [4.78, 5) is 5.29. The van der Waals surface area contributed by atoms with Gasteiger partial charge in [0.2, 0.25) is 0 Å². The number of fused-ring (bicyclic) bond motifs is 14. The minimum absolute atomic E-state index is 0.900. The van der Waals surface area contributed by atoms with E-state index in [2.05, 4.69) is 197 Å². The molecule has 9 aromatic carbocycles. The maximum Gasteiger partial charge on any atom is 0.138 e. The molecule has 4 nitrogen and oxygen atoms in total. The molecular formula is C55H33N3O. The number of nitrogens with zero attached hydrogens (tertiary/aromatic N) is 3. The van der Waals surface area contributed by atoms with Crippen LogP contribution in [0.15, 0.2) is 205 Å². The molecular weight excluding hydrogens is 719 g/mol. The van der Waals surface area contributed by atoms with Crippen molar-refractivity contribution >= 4 is 82.0 Å². The smallest absolute Gasteiger partial charge is 0.138 e. The standard InChI is InChI=1S/C55H33N3O/c1-2-13-45-41(9-1)47-31-37(36-19-17-34(18-20-36)35-21-25-40(26-22-35)58-49-14-6-3-10-42(49)43-11-4-7-15-50(43)58)23-27-46(47)55-54(45)56-53-33-39(29-30-57(53)55)38-24-28-52-48(32-38)44-12-5-8-16-51(44)59-52/h1-33H. The van der Waals surface area contributed by atoms with E-state index in [1.54, 1.807) is 0 Å². The van der Waals surface area contributed by atoms with Crippen molar-refractivity contribution in [2.75, 3.05) is 0 Å². The van der Waals surface area contributed by atoms with Crippen LogP contribution in [-0.4, -0.2) is 14.0 Å². The molecule has 0 atom stereocenters. The van der Waals surface area contributed by atoms with Gasteiger partial charge in [-0.15, -0.1) is 0 Å². The zero-order chi connectivity index (χ0) is 38.6. The quantitative estimate of drug-likeness (QED) is 0.168. The van der Waals surface area contributed by atoms with Crippen LogP contribution >= 0.6 is 0 Å². The molecule has 59 heavy (non-hydrogen) atoms. The van der Waals surface area contributed by atoms with Crippen LogP contribution in [0.2, 0.25) is 0 Å². The number of hydrogen-bond donors (Lipinski definition) is 0. The fourth-order valence-electron chi connectivity index (χ4n) is 9.51. The highest BCUT2D eigenvalue weighted by molar-refractivity contribution is 6.24. The van der Waals surface area contributed by atoms with Crippen molar-refractivity contribution < 1.29 is 4.42 Å². The average Bonchev–Trinajstić information content (AvgIpc) is 3.99. The molecule has 0 saturated carbocycles. The summed E-state index contributed by atoms with van der Waals surface area (Å²) in [6, 6.07) is 69.9. The predicted octanol–water partition coefficient (Wildman–Crippen LogP) is 14.8.